The zero-order valence-corrected chi connectivity index (χ0v) is 12.1. The molecule has 1 aromatic rings. The molecule has 0 radical (unpaired) electrons. The Bertz CT molecular complexity index is 515. The van der Waals surface area contributed by atoms with Gasteiger partial charge in [0.15, 0.2) is 9.84 Å². The van der Waals surface area contributed by atoms with Crippen LogP contribution in [-0.4, -0.2) is 37.6 Å². The van der Waals surface area contributed by atoms with Gasteiger partial charge in [-0.2, -0.15) is 0 Å². The first-order chi connectivity index (χ1) is 8.96. The number of halogens is 1. The van der Waals surface area contributed by atoms with Crippen LogP contribution in [0.4, 0.5) is 0 Å². The van der Waals surface area contributed by atoms with Crippen LogP contribution < -0.4 is 5.32 Å². The Balaban J connectivity index is 1.86. The lowest BCUT2D eigenvalue weighted by Crippen LogP contribution is -2.41. The normalized spacial score (nSPS) is 24.0. The van der Waals surface area contributed by atoms with Gasteiger partial charge in [0, 0.05) is 17.6 Å². The highest BCUT2D eigenvalue weighted by Gasteiger charge is 2.24. The van der Waals surface area contributed by atoms with Gasteiger partial charge in [0.25, 0.3) is 0 Å². The second-order valence-corrected chi connectivity index (χ2v) is 7.59. The molecule has 106 valence electrons. The van der Waals surface area contributed by atoms with Gasteiger partial charge in [-0.25, -0.2) is 8.42 Å². The molecule has 0 aromatic heterocycles. The largest absolute Gasteiger partial charge is 0.387 e. The van der Waals surface area contributed by atoms with Crippen molar-refractivity contribution in [1.82, 2.24) is 5.32 Å². The third kappa shape index (κ3) is 4.45. The Morgan fingerprint density at radius 2 is 2.05 bits per heavy atom. The van der Waals surface area contributed by atoms with Crippen molar-refractivity contribution in [2.75, 3.05) is 18.1 Å². The van der Waals surface area contributed by atoms with E-state index < -0.39 is 15.9 Å². The van der Waals surface area contributed by atoms with Gasteiger partial charge >= 0.3 is 0 Å². The molecule has 0 aliphatic carbocycles. The summed E-state index contributed by atoms with van der Waals surface area (Å²) in [6.07, 6.45) is 0.880. The summed E-state index contributed by atoms with van der Waals surface area (Å²) in [4.78, 5) is 0. The molecule has 0 saturated carbocycles. The third-order valence-corrected chi connectivity index (χ3v) is 5.39. The maximum atomic E-state index is 11.5. The average Bonchev–Trinajstić information content (AvgIpc) is 2.36. The monoisotopic (exact) mass is 303 g/mol. The van der Waals surface area contributed by atoms with Crippen molar-refractivity contribution in [3.8, 4) is 0 Å². The molecule has 1 aliphatic heterocycles. The van der Waals surface area contributed by atoms with E-state index in [-0.39, 0.29) is 17.5 Å². The van der Waals surface area contributed by atoms with Gasteiger partial charge in [0.2, 0.25) is 0 Å². The minimum absolute atomic E-state index is 0.0549. The fourth-order valence-electron chi connectivity index (χ4n) is 2.26. The fraction of sp³-hybridized carbons (Fsp3) is 0.538. The van der Waals surface area contributed by atoms with E-state index in [2.05, 4.69) is 5.32 Å². The number of hydrogen-bond acceptors (Lipinski definition) is 4. The molecule has 2 atom stereocenters. The van der Waals surface area contributed by atoms with Gasteiger partial charge < -0.3 is 10.4 Å². The van der Waals surface area contributed by atoms with E-state index in [0.717, 1.165) is 12.0 Å². The summed E-state index contributed by atoms with van der Waals surface area (Å²) in [6.45, 7) is 0.349. The quantitative estimate of drug-likeness (QED) is 0.885. The average molecular weight is 304 g/mol. The van der Waals surface area contributed by atoms with Crippen LogP contribution in [-0.2, 0) is 9.84 Å². The highest BCUT2D eigenvalue weighted by molar-refractivity contribution is 7.91. The summed E-state index contributed by atoms with van der Waals surface area (Å²) < 4.78 is 23.0. The van der Waals surface area contributed by atoms with Crippen molar-refractivity contribution in [2.45, 2.75) is 25.0 Å². The van der Waals surface area contributed by atoms with E-state index in [4.69, 9.17) is 11.6 Å². The molecular formula is C13H18ClNO3S. The molecule has 0 amide bonds. The van der Waals surface area contributed by atoms with Gasteiger partial charge in [0.1, 0.15) is 0 Å². The van der Waals surface area contributed by atoms with E-state index in [1.165, 1.54) is 0 Å². The number of hydrogen-bond donors (Lipinski definition) is 2. The summed E-state index contributed by atoms with van der Waals surface area (Å²) in [5, 5.41) is 13.8. The first kappa shape index (κ1) is 14.8. The maximum Gasteiger partial charge on any atom is 0.151 e. The smallest absolute Gasteiger partial charge is 0.151 e. The van der Waals surface area contributed by atoms with Crippen molar-refractivity contribution >= 4 is 21.4 Å². The van der Waals surface area contributed by atoms with Crippen LogP contribution in [0, 0.1) is 0 Å². The van der Waals surface area contributed by atoms with Crippen LogP contribution in [0.5, 0.6) is 0 Å². The lowest BCUT2D eigenvalue weighted by atomic mass is 10.1. The summed E-state index contributed by atoms with van der Waals surface area (Å²) in [5.41, 5.74) is 0.774. The van der Waals surface area contributed by atoms with Crippen LogP contribution in [0.1, 0.15) is 24.5 Å². The van der Waals surface area contributed by atoms with E-state index in [9.17, 15) is 13.5 Å². The van der Waals surface area contributed by atoms with E-state index in [1.807, 2.05) is 0 Å². The van der Waals surface area contributed by atoms with Crippen LogP contribution in [0.2, 0.25) is 5.02 Å². The minimum atomic E-state index is -2.91. The molecule has 1 aliphatic rings. The molecule has 2 rings (SSSR count). The fourth-order valence-corrected chi connectivity index (χ4v) is 4.06. The SMILES string of the molecule is O=S1(=O)CCCC(NCC(O)c2ccc(Cl)cc2)C1. The molecular weight excluding hydrogens is 286 g/mol. The number of aliphatic hydroxyl groups is 1. The Morgan fingerprint density at radius 3 is 2.68 bits per heavy atom. The third-order valence-electron chi connectivity index (χ3n) is 3.32. The number of benzene rings is 1. The zero-order chi connectivity index (χ0) is 13.9. The van der Waals surface area contributed by atoms with Crippen molar-refractivity contribution in [1.29, 1.82) is 0 Å². The number of aliphatic hydroxyl groups excluding tert-OH is 1. The first-order valence-corrected chi connectivity index (χ1v) is 8.53. The van der Waals surface area contributed by atoms with Crippen LogP contribution >= 0.6 is 11.6 Å². The van der Waals surface area contributed by atoms with Crippen LogP contribution in [0.15, 0.2) is 24.3 Å². The zero-order valence-electron chi connectivity index (χ0n) is 10.5. The van der Waals surface area contributed by atoms with Crippen molar-refractivity contribution in [3.05, 3.63) is 34.9 Å². The highest BCUT2D eigenvalue weighted by Crippen LogP contribution is 2.17. The summed E-state index contributed by atoms with van der Waals surface area (Å²) in [7, 11) is -2.91. The highest BCUT2D eigenvalue weighted by atomic mass is 35.5. The summed E-state index contributed by atoms with van der Waals surface area (Å²) >= 11 is 5.78. The van der Waals surface area contributed by atoms with E-state index in [1.54, 1.807) is 24.3 Å². The standard InChI is InChI=1S/C13H18ClNO3S/c14-11-5-3-10(4-6-11)13(16)8-15-12-2-1-7-19(17,18)9-12/h3-6,12-13,15-16H,1-2,7-9H2. The molecule has 1 aromatic carbocycles. The Kier molecular flexibility index (Phi) is 4.84. The van der Waals surface area contributed by atoms with Gasteiger partial charge in [-0.15, -0.1) is 0 Å². The van der Waals surface area contributed by atoms with E-state index in [0.29, 0.717) is 18.0 Å². The van der Waals surface area contributed by atoms with Crippen molar-refractivity contribution in [2.24, 2.45) is 0 Å². The van der Waals surface area contributed by atoms with Crippen molar-refractivity contribution in [3.63, 3.8) is 0 Å². The lowest BCUT2D eigenvalue weighted by molar-refractivity contribution is 0.170. The minimum Gasteiger partial charge on any atom is -0.387 e. The summed E-state index contributed by atoms with van der Waals surface area (Å²) in [5.74, 6) is 0.450. The molecule has 1 fully saturated rings. The molecule has 1 heterocycles. The lowest BCUT2D eigenvalue weighted by Gasteiger charge is -2.24. The molecule has 0 bridgehead atoms. The predicted octanol–water partition coefficient (Wildman–Crippen LogP) is 1.54. The van der Waals surface area contributed by atoms with E-state index >= 15 is 0 Å². The molecule has 1 saturated heterocycles. The number of rotatable bonds is 4. The molecule has 19 heavy (non-hydrogen) atoms. The van der Waals surface area contributed by atoms with Crippen LogP contribution in [0.25, 0.3) is 0 Å². The molecule has 0 spiro atoms. The second-order valence-electron chi connectivity index (χ2n) is 4.93. The Morgan fingerprint density at radius 1 is 1.37 bits per heavy atom. The Labute approximate surface area is 118 Å². The summed E-state index contributed by atoms with van der Waals surface area (Å²) in [6, 6.07) is 6.94. The first-order valence-electron chi connectivity index (χ1n) is 6.33. The maximum absolute atomic E-state index is 11.5. The molecule has 4 nitrogen and oxygen atoms in total. The van der Waals surface area contributed by atoms with Gasteiger partial charge in [-0.3, -0.25) is 0 Å². The van der Waals surface area contributed by atoms with Gasteiger partial charge in [-0.05, 0) is 30.5 Å². The predicted molar refractivity (Wildman–Crippen MR) is 76.1 cm³/mol. The number of nitrogens with one attached hydrogen (secondary N) is 1. The Hall–Kier alpha value is -0.620. The number of sulfone groups is 1. The topological polar surface area (TPSA) is 66.4 Å². The van der Waals surface area contributed by atoms with Gasteiger partial charge in [0.05, 0.1) is 17.6 Å². The molecule has 6 heteroatoms. The van der Waals surface area contributed by atoms with Crippen LogP contribution in [0.3, 0.4) is 0 Å². The second kappa shape index (κ2) is 6.22. The molecule has 2 unspecified atom stereocenters. The molecule has 2 N–H and O–H groups in total. The van der Waals surface area contributed by atoms with Gasteiger partial charge in [-0.1, -0.05) is 23.7 Å². The van der Waals surface area contributed by atoms with Crippen molar-refractivity contribution < 1.29 is 13.5 Å².